The van der Waals surface area contributed by atoms with Crippen molar-refractivity contribution in [1.82, 2.24) is 9.88 Å². The molecule has 0 fully saturated rings. The summed E-state index contributed by atoms with van der Waals surface area (Å²) in [6, 6.07) is 8.08. The molecule has 3 rings (SSSR count). The van der Waals surface area contributed by atoms with E-state index in [1.807, 2.05) is 6.08 Å². The Morgan fingerprint density at radius 2 is 2.00 bits per heavy atom. The number of aryl methyl sites for hydroxylation is 1. The number of halogens is 1. The number of pyridine rings is 1. The van der Waals surface area contributed by atoms with E-state index in [1.54, 1.807) is 50.5 Å². The second-order valence-corrected chi connectivity index (χ2v) is 7.02. The Balaban J connectivity index is 2.13. The number of aromatic nitrogens is 1. The quantitative estimate of drug-likeness (QED) is 0.437. The van der Waals surface area contributed by atoms with Crippen molar-refractivity contribution in [2.45, 2.75) is 6.92 Å². The maximum Gasteiger partial charge on any atom is 0.330 e. The number of carbonyl (C=O) groups is 2. The Bertz CT molecular complexity index is 1120. The van der Waals surface area contributed by atoms with Gasteiger partial charge in [-0.2, -0.15) is 0 Å². The van der Waals surface area contributed by atoms with Gasteiger partial charge in [0.2, 0.25) is 0 Å². The summed E-state index contributed by atoms with van der Waals surface area (Å²) in [5.74, 6) is -0.689. The minimum atomic E-state index is -0.507. The van der Waals surface area contributed by atoms with Gasteiger partial charge in [-0.1, -0.05) is 23.8 Å². The minimum absolute atomic E-state index is 0.181. The lowest BCUT2D eigenvalue weighted by molar-refractivity contribution is -0.137. The summed E-state index contributed by atoms with van der Waals surface area (Å²) in [6.45, 7) is 2.49. The molecular weight excluding hydrogens is 404 g/mol. The van der Waals surface area contributed by atoms with Gasteiger partial charge in [-0.15, -0.1) is 0 Å². The topological polar surface area (TPSA) is 77.4 Å². The van der Waals surface area contributed by atoms with Crippen molar-refractivity contribution in [3.63, 3.8) is 0 Å². The highest BCUT2D eigenvalue weighted by Crippen LogP contribution is 2.26. The minimum Gasteiger partial charge on any atom is -0.463 e. The van der Waals surface area contributed by atoms with E-state index in [4.69, 9.17) is 16.3 Å². The summed E-state index contributed by atoms with van der Waals surface area (Å²) in [5, 5.41) is 3.77. The van der Waals surface area contributed by atoms with Crippen LogP contribution in [0.4, 0.5) is 0 Å². The Morgan fingerprint density at radius 1 is 1.27 bits per heavy atom. The van der Waals surface area contributed by atoms with Gasteiger partial charge in [0.25, 0.3) is 5.56 Å². The predicted octanol–water partition coefficient (Wildman–Crippen LogP) is 3.37. The third-order valence-corrected chi connectivity index (χ3v) is 4.77. The smallest absolute Gasteiger partial charge is 0.330 e. The number of benzene rings is 1. The van der Waals surface area contributed by atoms with Gasteiger partial charge in [0.1, 0.15) is 0 Å². The van der Waals surface area contributed by atoms with Gasteiger partial charge in [-0.05, 0) is 42.8 Å². The molecule has 0 saturated heterocycles. The molecular formula is C23H21ClN2O4. The van der Waals surface area contributed by atoms with E-state index < -0.39 is 5.97 Å². The first-order chi connectivity index (χ1) is 14.4. The van der Waals surface area contributed by atoms with Gasteiger partial charge >= 0.3 is 5.97 Å². The molecule has 7 heteroatoms. The molecule has 1 aliphatic heterocycles. The number of ether oxygens (including phenoxy) is 1. The van der Waals surface area contributed by atoms with E-state index in [-0.39, 0.29) is 17.9 Å². The van der Waals surface area contributed by atoms with Crippen molar-refractivity contribution >= 4 is 35.1 Å². The van der Waals surface area contributed by atoms with Crippen LogP contribution in [-0.4, -0.2) is 29.5 Å². The fourth-order valence-corrected chi connectivity index (χ4v) is 3.17. The summed E-state index contributed by atoms with van der Waals surface area (Å²) in [6.07, 6.45) is 8.03. The summed E-state index contributed by atoms with van der Waals surface area (Å²) >= 11 is 5.94. The predicted molar refractivity (Wildman–Crippen MR) is 117 cm³/mol. The van der Waals surface area contributed by atoms with Crippen LogP contribution in [0.2, 0.25) is 5.02 Å². The third-order valence-electron chi connectivity index (χ3n) is 4.52. The maximum atomic E-state index is 13.2. The van der Waals surface area contributed by atoms with Gasteiger partial charge < -0.3 is 14.6 Å². The number of hydrogen-bond acceptors (Lipinski definition) is 5. The van der Waals surface area contributed by atoms with Crippen molar-refractivity contribution in [3.05, 3.63) is 92.4 Å². The standard InChI is InChI=1S/C23H21ClN2O4/c1-3-30-21(28)11-8-16-13-20(27)26(2)14-19(16)22-18(5-4-12-25-22)23(29)15-6-9-17(24)10-7-15/h4-11,13-14,25H,3,12H2,1-2H3/b11-8+. The SMILES string of the molecule is CCOC(=O)/C=C/c1cc(=O)n(C)cc1C1=C(C(=O)c2ccc(Cl)cc2)C=CCN1. The number of nitrogens with zero attached hydrogens (tertiary/aromatic N) is 1. The van der Waals surface area contributed by atoms with Gasteiger partial charge in [0, 0.05) is 53.7 Å². The summed E-state index contributed by atoms with van der Waals surface area (Å²) in [5.41, 5.74) is 2.42. The van der Waals surface area contributed by atoms with Gasteiger partial charge in [-0.3, -0.25) is 9.59 Å². The monoisotopic (exact) mass is 424 g/mol. The van der Waals surface area contributed by atoms with Crippen LogP contribution in [0.5, 0.6) is 0 Å². The van der Waals surface area contributed by atoms with Crippen molar-refractivity contribution in [2.75, 3.05) is 13.2 Å². The highest BCUT2D eigenvalue weighted by Gasteiger charge is 2.21. The summed E-state index contributed by atoms with van der Waals surface area (Å²) in [7, 11) is 1.63. The fraction of sp³-hybridized carbons (Fsp3) is 0.174. The lowest BCUT2D eigenvalue weighted by Gasteiger charge is -2.20. The molecule has 6 nitrogen and oxygen atoms in total. The van der Waals surface area contributed by atoms with Crippen molar-refractivity contribution in [1.29, 1.82) is 0 Å². The first-order valence-electron chi connectivity index (χ1n) is 9.41. The van der Waals surface area contributed by atoms with Crippen LogP contribution in [0.1, 0.15) is 28.4 Å². The molecule has 2 heterocycles. The van der Waals surface area contributed by atoms with Crippen molar-refractivity contribution in [2.24, 2.45) is 7.05 Å². The van der Waals surface area contributed by atoms with Gasteiger partial charge in [0.05, 0.1) is 12.3 Å². The van der Waals surface area contributed by atoms with Crippen LogP contribution in [0.25, 0.3) is 11.8 Å². The molecule has 154 valence electrons. The van der Waals surface area contributed by atoms with E-state index in [0.717, 1.165) is 0 Å². The second-order valence-electron chi connectivity index (χ2n) is 6.58. The van der Waals surface area contributed by atoms with E-state index in [9.17, 15) is 14.4 Å². The second kappa shape index (κ2) is 9.41. The number of dihydropyridines is 1. The Labute approximate surface area is 179 Å². The van der Waals surface area contributed by atoms with Crippen LogP contribution in [0.3, 0.4) is 0 Å². The number of carbonyl (C=O) groups excluding carboxylic acids is 2. The summed E-state index contributed by atoms with van der Waals surface area (Å²) in [4.78, 5) is 37.1. The van der Waals surface area contributed by atoms with E-state index in [2.05, 4.69) is 5.32 Å². The molecule has 0 spiro atoms. The third kappa shape index (κ3) is 4.78. The van der Waals surface area contributed by atoms with Crippen LogP contribution in [0, 0.1) is 0 Å². The van der Waals surface area contributed by atoms with Crippen LogP contribution < -0.4 is 10.9 Å². The van der Waals surface area contributed by atoms with E-state index >= 15 is 0 Å². The fourth-order valence-electron chi connectivity index (χ4n) is 3.04. The van der Waals surface area contributed by atoms with Gasteiger partial charge in [0.15, 0.2) is 5.78 Å². The van der Waals surface area contributed by atoms with Crippen LogP contribution in [-0.2, 0) is 16.6 Å². The number of ketones is 1. The van der Waals surface area contributed by atoms with Crippen LogP contribution in [0.15, 0.2) is 65.1 Å². The largest absolute Gasteiger partial charge is 0.463 e. The molecule has 2 aromatic rings. The Hall–Kier alpha value is -3.38. The average molecular weight is 425 g/mol. The molecule has 1 N–H and O–H groups in total. The van der Waals surface area contributed by atoms with Crippen molar-refractivity contribution in [3.8, 4) is 0 Å². The Kier molecular flexibility index (Phi) is 6.69. The lowest BCUT2D eigenvalue weighted by Crippen LogP contribution is -2.24. The number of nitrogens with one attached hydrogen (secondary N) is 1. The molecule has 0 bridgehead atoms. The van der Waals surface area contributed by atoms with E-state index in [1.165, 1.54) is 22.8 Å². The molecule has 1 aromatic heterocycles. The maximum absolute atomic E-state index is 13.2. The number of esters is 1. The molecule has 0 aliphatic carbocycles. The first-order valence-corrected chi connectivity index (χ1v) is 9.79. The lowest BCUT2D eigenvalue weighted by atomic mass is 9.94. The molecule has 0 saturated carbocycles. The molecule has 0 atom stereocenters. The normalized spacial score (nSPS) is 13.4. The molecule has 1 aliphatic rings. The molecule has 1 aromatic carbocycles. The zero-order valence-electron chi connectivity index (χ0n) is 16.6. The highest BCUT2D eigenvalue weighted by molar-refractivity contribution is 6.30. The molecule has 0 radical (unpaired) electrons. The molecule has 0 unspecified atom stereocenters. The van der Waals surface area contributed by atoms with Crippen molar-refractivity contribution < 1.29 is 14.3 Å². The summed E-state index contributed by atoms with van der Waals surface area (Å²) < 4.78 is 6.34. The van der Waals surface area contributed by atoms with E-state index in [0.29, 0.717) is 39.5 Å². The molecule has 30 heavy (non-hydrogen) atoms. The zero-order valence-corrected chi connectivity index (χ0v) is 17.4. The highest BCUT2D eigenvalue weighted by atomic mass is 35.5. The Morgan fingerprint density at radius 3 is 2.70 bits per heavy atom. The number of hydrogen-bond donors (Lipinski definition) is 1. The number of Topliss-reactive ketones (excluding diaryl/α,β-unsaturated/α-hetero) is 1. The average Bonchev–Trinajstić information content (AvgIpc) is 2.74. The number of allylic oxidation sites excluding steroid dienone is 2. The first kappa shape index (κ1) is 21.3. The zero-order chi connectivity index (χ0) is 21.7. The van der Waals surface area contributed by atoms with Gasteiger partial charge in [-0.25, -0.2) is 4.79 Å². The molecule has 0 amide bonds. The number of rotatable bonds is 6. The van der Waals surface area contributed by atoms with Crippen LogP contribution >= 0.6 is 11.6 Å².